The summed E-state index contributed by atoms with van der Waals surface area (Å²) < 4.78 is 1.38. The van der Waals surface area contributed by atoms with Crippen molar-refractivity contribution < 1.29 is 0 Å². The first kappa shape index (κ1) is 14.5. The summed E-state index contributed by atoms with van der Waals surface area (Å²) in [5, 5.41) is 3.62. The number of hydrogen-bond acceptors (Lipinski definition) is 2. The van der Waals surface area contributed by atoms with Gasteiger partial charge in [-0.15, -0.1) is 11.3 Å². The SMILES string of the molecule is CC(C)c1nc(C(C)C)c2sccc2c1C(C)(C)C. The van der Waals surface area contributed by atoms with Gasteiger partial charge in [0, 0.05) is 5.69 Å². The minimum atomic E-state index is 0.140. The van der Waals surface area contributed by atoms with Crippen molar-refractivity contribution in [3.63, 3.8) is 0 Å². The molecule has 104 valence electrons. The summed E-state index contributed by atoms with van der Waals surface area (Å²) in [6.45, 7) is 15.9. The van der Waals surface area contributed by atoms with Gasteiger partial charge in [-0.3, -0.25) is 4.98 Å². The molecule has 2 rings (SSSR count). The molecule has 19 heavy (non-hydrogen) atoms. The van der Waals surface area contributed by atoms with Crippen molar-refractivity contribution in [3.8, 4) is 0 Å². The fourth-order valence-electron chi connectivity index (χ4n) is 2.68. The highest BCUT2D eigenvalue weighted by atomic mass is 32.1. The fourth-order valence-corrected chi connectivity index (χ4v) is 3.72. The quantitative estimate of drug-likeness (QED) is 0.671. The molecule has 0 saturated heterocycles. The maximum atomic E-state index is 5.05. The van der Waals surface area contributed by atoms with Crippen molar-refractivity contribution in [1.82, 2.24) is 4.98 Å². The van der Waals surface area contributed by atoms with Crippen molar-refractivity contribution in [2.45, 2.75) is 65.7 Å². The van der Waals surface area contributed by atoms with Crippen molar-refractivity contribution in [3.05, 3.63) is 28.4 Å². The molecule has 0 aliphatic rings. The Morgan fingerprint density at radius 1 is 1.00 bits per heavy atom. The van der Waals surface area contributed by atoms with Crippen LogP contribution in [0, 0.1) is 0 Å². The van der Waals surface area contributed by atoms with Crippen LogP contribution in [-0.2, 0) is 5.41 Å². The Balaban J connectivity index is 2.89. The van der Waals surface area contributed by atoms with Gasteiger partial charge in [0.1, 0.15) is 0 Å². The van der Waals surface area contributed by atoms with Crippen LogP contribution in [0.25, 0.3) is 10.1 Å². The molecule has 0 saturated carbocycles. The van der Waals surface area contributed by atoms with Gasteiger partial charge in [-0.25, -0.2) is 0 Å². The van der Waals surface area contributed by atoms with E-state index in [4.69, 9.17) is 4.98 Å². The number of aromatic nitrogens is 1. The summed E-state index contributed by atoms with van der Waals surface area (Å²) >= 11 is 1.83. The average Bonchev–Trinajstić information content (AvgIpc) is 2.72. The van der Waals surface area contributed by atoms with E-state index in [9.17, 15) is 0 Å². The Bertz CT molecular complexity index is 585. The lowest BCUT2D eigenvalue weighted by molar-refractivity contribution is 0.575. The molecule has 0 spiro atoms. The van der Waals surface area contributed by atoms with Crippen LogP contribution in [-0.4, -0.2) is 4.98 Å². The predicted molar refractivity (Wildman–Crippen MR) is 86.5 cm³/mol. The zero-order chi connectivity index (χ0) is 14.4. The Hall–Kier alpha value is -0.890. The summed E-state index contributed by atoms with van der Waals surface area (Å²) in [4.78, 5) is 5.05. The van der Waals surface area contributed by atoms with Gasteiger partial charge in [0.15, 0.2) is 0 Å². The molecule has 0 atom stereocenters. The molecule has 0 unspecified atom stereocenters. The zero-order valence-electron chi connectivity index (χ0n) is 13.2. The van der Waals surface area contributed by atoms with Crippen LogP contribution in [0.2, 0.25) is 0 Å². The van der Waals surface area contributed by atoms with E-state index in [-0.39, 0.29) is 5.41 Å². The van der Waals surface area contributed by atoms with Crippen molar-refractivity contribution >= 4 is 21.4 Å². The number of nitrogens with zero attached hydrogens (tertiary/aromatic N) is 1. The molecule has 1 nitrogen and oxygen atoms in total. The maximum absolute atomic E-state index is 5.05. The van der Waals surface area contributed by atoms with Crippen LogP contribution in [0.15, 0.2) is 11.4 Å². The van der Waals surface area contributed by atoms with Gasteiger partial charge in [-0.1, -0.05) is 48.5 Å². The fraction of sp³-hybridized carbons (Fsp3) is 0.588. The highest BCUT2D eigenvalue weighted by Gasteiger charge is 2.26. The lowest BCUT2D eigenvalue weighted by Gasteiger charge is -2.26. The second-order valence-electron chi connectivity index (χ2n) is 6.98. The lowest BCUT2D eigenvalue weighted by Crippen LogP contribution is -2.18. The van der Waals surface area contributed by atoms with Crippen LogP contribution >= 0.6 is 11.3 Å². The molecule has 2 aromatic heterocycles. The zero-order valence-corrected chi connectivity index (χ0v) is 14.0. The Morgan fingerprint density at radius 2 is 1.58 bits per heavy atom. The van der Waals surface area contributed by atoms with E-state index in [1.807, 2.05) is 11.3 Å². The van der Waals surface area contributed by atoms with Gasteiger partial charge in [-0.2, -0.15) is 0 Å². The second kappa shape index (κ2) is 4.90. The molecule has 0 fully saturated rings. The average molecular weight is 275 g/mol. The highest BCUT2D eigenvalue weighted by molar-refractivity contribution is 7.17. The van der Waals surface area contributed by atoms with E-state index in [1.54, 1.807) is 0 Å². The van der Waals surface area contributed by atoms with E-state index < -0.39 is 0 Å². The predicted octanol–water partition coefficient (Wildman–Crippen LogP) is 5.84. The van der Waals surface area contributed by atoms with Crippen LogP contribution < -0.4 is 0 Å². The van der Waals surface area contributed by atoms with Crippen LogP contribution in [0.4, 0.5) is 0 Å². The Kier molecular flexibility index (Phi) is 3.74. The summed E-state index contributed by atoms with van der Waals surface area (Å²) in [5.41, 5.74) is 4.12. The maximum Gasteiger partial charge on any atom is 0.0610 e. The van der Waals surface area contributed by atoms with E-state index in [0.29, 0.717) is 11.8 Å². The lowest BCUT2D eigenvalue weighted by atomic mass is 9.81. The smallest absolute Gasteiger partial charge is 0.0610 e. The first-order valence-corrected chi connectivity index (χ1v) is 8.03. The Morgan fingerprint density at radius 3 is 2.05 bits per heavy atom. The van der Waals surface area contributed by atoms with Crippen molar-refractivity contribution in [1.29, 1.82) is 0 Å². The number of pyridine rings is 1. The van der Waals surface area contributed by atoms with Gasteiger partial charge in [0.25, 0.3) is 0 Å². The molecular formula is C17H25NS. The van der Waals surface area contributed by atoms with Crippen molar-refractivity contribution in [2.75, 3.05) is 0 Å². The molecule has 2 heterocycles. The minimum Gasteiger partial charge on any atom is -0.256 e. The third-order valence-corrected chi connectivity index (χ3v) is 4.44. The van der Waals surface area contributed by atoms with Crippen LogP contribution in [0.5, 0.6) is 0 Å². The normalized spacial score (nSPS) is 12.9. The van der Waals surface area contributed by atoms with Crippen LogP contribution in [0.1, 0.15) is 77.3 Å². The van der Waals surface area contributed by atoms with Gasteiger partial charge in [-0.05, 0) is 39.6 Å². The molecule has 0 amide bonds. The summed E-state index contributed by atoms with van der Waals surface area (Å²) in [7, 11) is 0. The summed E-state index contributed by atoms with van der Waals surface area (Å²) in [6, 6.07) is 2.28. The van der Waals surface area contributed by atoms with Gasteiger partial charge in [0.05, 0.1) is 10.4 Å². The first-order valence-electron chi connectivity index (χ1n) is 7.15. The summed E-state index contributed by atoms with van der Waals surface area (Å²) in [6.07, 6.45) is 0. The third-order valence-electron chi connectivity index (χ3n) is 3.51. The summed E-state index contributed by atoms with van der Waals surface area (Å²) in [5.74, 6) is 0.948. The van der Waals surface area contributed by atoms with E-state index >= 15 is 0 Å². The Labute approximate surface area is 121 Å². The number of fused-ring (bicyclic) bond motifs is 1. The van der Waals surface area contributed by atoms with E-state index in [0.717, 1.165) is 0 Å². The number of rotatable bonds is 2. The number of thiophene rings is 1. The third kappa shape index (κ3) is 2.55. The first-order chi connectivity index (χ1) is 8.73. The molecule has 0 radical (unpaired) electrons. The monoisotopic (exact) mass is 275 g/mol. The topological polar surface area (TPSA) is 12.9 Å². The molecule has 0 aliphatic heterocycles. The molecule has 2 heteroatoms. The molecule has 0 aromatic carbocycles. The standard InChI is InChI=1S/C17H25NS/c1-10(2)14-13(17(5,6)7)12-8-9-19-16(12)15(18-14)11(3)4/h8-11H,1-7H3. The molecular weight excluding hydrogens is 250 g/mol. The van der Waals surface area contributed by atoms with Crippen molar-refractivity contribution in [2.24, 2.45) is 0 Å². The van der Waals surface area contributed by atoms with E-state index in [2.05, 4.69) is 59.9 Å². The highest BCUT2D eigenvalue weighted by Crippen LogP contribution is 2.40. The molecule has 0 aliphatic carbocycles. The largest absolute Gasteiger partial charge is 0.256 e. The second-order valence-corrected chi connectivity index (χ2v) is 7.90. The van der Waals surface area contributed by atoms with Gasteiger partial charge in [0.2, 0.25) is 0 Å². The van der Waals surface area contributed by atoms with Gasteiger partial charge < -0.3 is 0 Å². The van der Waals surface area contributed by atoms with Gasteiger partial charge >= 0.3 is 0 Å². The number of hydrogen-bond donors (Lipinski definition) is 0. The minimum absolute atomic E-state index is 0.140. The van der Waals surface area contributed by atoms with E-state index in [1.165, 1.54) is 27.0 Å². The molecule has 2 aromatic rings. The molecule has 0 N–H and O–H groups in total. The van der Waals surface area contributed by atoms with Crippen LogP contribution in [0.3, 0.4) is 0 Å². The molecule has 0 bridgehead atoms.